The van der Waals surface area contributed by atoms with Crippen LogP contribution < -0.4 is 5.32 Å². The molecule has 2 aromatic heterocycles. The monoisotopic (exact) mass is 469 g/mol. The molecule has 0 radical (unpaired) electrons. The number of aryl methyl sites for hydroxylation is 1. The highest BCUT2D eigenvalue weighted by Crippen LogP contribution is 2.46. The summed E-state index contributed by atoms with van der Waals surface area (Å²) in [5, 5.41) is 19.4. The molecule has 0 saturated carbocycles. The lowest BCUT2D eigenvalue weighted by Gasteiger charge is -2.16. The van der Waals surface area contributed by atoms with Crippen LogP contribution in [0.2, 0.25) is 0 Å². The van der Waals surface area contributed by atoms with E-state index in [0.717, 1.165) is 16.7 Å². The summed E-state index contributed by atoms with van der Waals surface area (Å²) in [4.78, 5) is 10.7. The van der Waals surface area contributed by atoms with Gasteiger partial charge in [0.2, 0.25) is 0 Å². The van der Waals surface area contributed by atoms with Crippen molar-refractivity contribution in [3.63, 3.8) is 0 Å². The zero-order chi connectivity index (χ0) is 23.9. The Morgan fingerprint density at radius 3 is 2.47 bits per heavy atom. The summed E-state index contributed by atoms with van der Waals surface area (Å²) in [5.41, 5.74) is 2.48. The highest BCUT2D eigenvalue weighted by molar-refractivity contribution is 5.79. The number of alkyl halides is 3. The molecule has 34 heavy (non-hydrogen) atoms. The summed E-state index contributed by atoms with van der Waals surface area (Å²) in [5.74, 6) is -1.37. The molecule has 5 rings (SSSR count). The van der Waals surface area contributed by atoms with Gasteiger partial charge in [-0.15, -0.1) is 0 Å². The first-order valence-electron chi connectivity index (χ1n) is 10.5. The highest BCUT2D eigenvalue weighted by Gasteiger charge is 2.43. The molecular formula is C24H18F3N3O4. The van der Waals surface area contributed by atoms with Crippen LogP contribution in [0, 0.1) is 0 Å². The average molecular weight is 469 g/mol. The molecule has 2 aromatic carbocycles. The van der Waals surface area contributed by atoms with E-state index in [9.17, 15) is 18.0 Å². The fraction of sp³-hybridized carbons (Fsp3) is 0.208. The van der Waals surface area contributed by atoms with E-state index in [1.807, 2.05) is 18.2 Å². The number of halogens is 3. The highest BCUT2D eigenvalue weighted by atomic mass is 19.4. The average Bonchev–Trinajstić information content (AvgIpc) is 3.43. The molecule has 0 saturated heterocycles. The van der Waals surface area contributed by atoms with Crippen LogP contribution in [0.15, 0.2) is 57.6 Å². The Hall–Kier alpha value is -3.92. The third-order valence-electron chi connectivity index (χ3n) is 5.69. The second-order valence-corrected chi connectivity index (χ2v) is 7.93. The van der Waals surface area contributed by atoms with Gasteiger partial charge in [0.1, 0.15) is 11.3 Å². The lowest BCUT2D eigenvalue weighted by molar-refractivity contribution is -0.137. The predicted octanol–water partition coefficient (Wildman–Crippen LogP) is 4.96. The molecule has 1 aliphatic carbocycles. The number of hydrogen-bond acceptors (Lipinski definition) is 6. The van der Waals surface area contributed by atoms with Crippen molar-refractivity contribution in [2.24, 2.45) is 0 Å². The zero-order valence-electron chi connectivity index (χ0n) is 17.6. The number of carboxylic acids is 1. The summed E-state index contributed by atoms with van der Waals surface area (Å²) in [6, 6.07) is 13.6. The molecule has 1 aliphatic rings. The van der Waals surface area contributed by atoms with Crippen LogP contribution in [-0.2, 0) is 30.4 Å². The van der Waals surface area contributed by atoms with Crippen LogP contribution in [-0.4, -0.2) is 27.9 Å². The van der Waals surface area contributed by atoms with Gasteiger partial charge in [0.15, 0.2) is 17.2 Å². The smallest absolute Gasteiger partial charge is 0.422 e. The minimum Gasteiger partial charge on any atom is -0.480 e. The summed E-state index contributed by atoms with van der Waals surface area (Å²) < 4.78 is 52.8. The molecule has 0 atom stereocenters. The Kier molecular flexibility index (Phi) is 5.45. The number of benzene rings is 2. The molecule has 2 N–H and O–H groups in total. The van der Waals surface area contributed by atoms with E-state index in [1.54, 1.807) is 18.2 Å². The van der Waals surface area contributed by atoms with Gasteiger partial charge in [-0.2, -0.15) is 13.2 Å². The van der Waals surface area contributed by atoms with Gasteiger partial charge in [0.25, 0.3) is 0 Å². The Morgan fingerprint density at radius 1 is 1.00 bits per heavy atom. The lowest BCUT2D eigenvalue weighted by Crippen LogP contribution is -2.22. The molecule has 10 heteroatoms. The number of carbonyl (C=O) groups is 1. The fourth-order valence-electron chi connectivity index (χ4n) is 4.20. The maximum absolute atomic E-state index is 14.1. The minimum atomic E-state index is -4.72. The van der Waals surface area contributed by atoms with Crippen molar-refractivity contribution in [1.82, 2.24) is 15.6 Å². The SMILES string of the molecule is O=C(O)CNCc1ccc2c(c1)CCc1c-2noc1-c1noc(-c2ccccc2)c1C(F)(F)F. The van der Waals surface area contributed by atoms with E-state index in [2.05, 4.69) is 15.6 Å². The summed E-state index contributed by atoms with van der Waals surface area (Å²) in [7, 11) is 0. The zero-order valence-corrected chi connectivity index (χ0v) is 17.6. The Labute approximate surface area is 191 Å². The number of aliphatic carboxylic acids is 1. The molecule has 0 amide bonds. The number of carboxylic acid groups (broad SMARTS) is 1. The van der Waals surface area contributed by atoms with E-state index in [4.69, 9.17) is 14.2 Å². The van der Waals surface area contributed by atoms with E-state index in [1.165, 1.54) is 12.1 Å². The first-order chi connectivity index (χ1) is 16.3. The number of nitrogens with one attached hydrogen (secondary N) is 1. The van der Waals surface area contributed by atoms with Crippen LogP contribution in [0.5, 0.6) is 0 Å². The number of nitrogens with zero attached hydrogens (tertiary/aromatic N) is 2. The van der Waals surface area contributed by atoms with Crippen molar-refractivity contribution >= 4 is 5.97 Å². The standard InChI is InChI=1S/C24H18F3N3O4/c25-24(26,27)19-21(30-33-22(19)14-4-2-1-3-5-14)23-17-9-7-15-10-13(11-28-12-18(31)32)6-8-16(15)20(17)29-34-23/h1-6,8,10,28H,7,9,11-12H2,(H,31,32). The molecule has 0 fully saturated rings. The van der Waals surface area contributed by atoms with Gasteiger partial charge in [0, 0.05) is 23.2 Å². The van der Waals surface area contributed by atoms with Gasteiger partial charge >= 0.3 is 12.1 Å². The molecule has 0 spiro atoms. The van der Waals surface area contributed by atoms with Crippen LogP contribution >= 0.6 is 0 Å². The van der Waals surface area contributed by atoms with Crippen molar-refractivity contribution in [3.05, 3.63) is 70.8 Å². The van der Waals surface area contributed by atoms with Crippen LogP contribution in [0.3, 0.4) is 0 Å². The first kappa shape index (κ1) is 21.9. The molecule has 4 aromatic rings. The largest absolute Gasteiger partial charge is 0.480 e. The molecule has 0 bridgehead atoms. The van der Waals surface area contributed by atoms with Gasteiger partial charge in [-0.05, 0) is 24.0 Å². The summed E-state index contributed by atoms with van der Waals surface area (Å²) >= 11 is 0. The van der Waals surface area contributed by atoms with Crippen molar-refractivity contribution in [3.8, 4) is 34.0 Å². The quantitative estimate of drug-likeness (QED) is 0.412. The van der Waals surface area contributed by atoms with Gasteiger partial charge in [-0.3, -0.25) is 4.79 Å². The maximum atomic E-state index is 14.1. The van der Waals surface area contributed by atoms with Gasteiger partial charge in [-0.25, -0.2) is 0 Å². The van der Waals surface area contributed by atoms with Gasteiger partial charge in [-0.1, -0.05) is 58.8 Å². The van der Waals surface area contributed by atoms with Crippen molar-refractivity contribution < 1.29 is 32.1 Å². The molecular weight excluding hydrogens is 451 g/mol. The van der Waals surface area contributed by atoms with Crippen molar-refractivity contribution in [2.75, 3.05) is 6.54 Å². The van der Waals surface area contributed by atoms with Crippen LogP contribution in [0.1, 0.15) is 22.3 Å². The third kappa shape index (κ3) is 3.96. The second kappa shape index (κ2) is 8.45. The van der Waals surface area contributed by atoms with E-state index in [0.29, 0.717) is 30.6 Å². The molecule has 7 nitrogen and oxygen atoms in total. The Bertz CT molecular complexity index is 1360. The number of rotatable bonds is 6. The van der Waals surface area contributed by atoms with E-state index in [-0.39, 0.29) is 23.6 Å². The van der Waals surface area contributed by atoms with Crippen molar-refractivity contribution in [1.29, 1.82) is 0 Å². The summed E-state index contributed by atoms with van der Waals surface area (Å²) in [6.45, 7) is 0.227. The number of aromatic nitrogens is 2. The summed E-state index contributed by atoms with van der Waals surface area (Å²) in [6.07, 6.45) is -3.74. The Balaban J connectivity index is 1.53. The molecule has 0 unspecified atom stereocenters. The third-order valence-corrected chi connectivity index (χ3v) is 5.69. The number of hydrogen-bond donors (Lipinski definition) is 2. The normalized spacial score (nSPS) is 12.9. The predicted molar refractivity (Wildman–Crippen MR) is 115 cm³/mol. The van der Waals surface area contributed by atoms with Crippen molar-refractivity contribution in [2.45, 2.75) is 25.6 Å². The lowest BCUT2D eigenvalue weighted by atomic mass is 9.87. The number of fused-ring (bicyclic) bond motifs is 3. The van der Waals surface area contributed by atoms with Gasteiger partial charge < -0.3 is 19.5 Å². The van der Waals surface area contributed by atoms with Gasteiger partial charge in [0.05, 0.1) is 6.54 Å². The first-order valence-corrected chi connectivity index (χ1v) is 10.5. The maximum Gasteiger partial charge on any atom is 0.422 e. The fourth-order valence-corrected chi connectivity index (χ4v) is 4.20. The van der Waals surface area contributed by atoms with Crippen LogP contribution in [0.4, 0.5) is 13.2 Å². The van der Waals surface area contributed by atoms with E-state index >= 15 is 0 Å². The van der Waals surface area contributed by atoms with E-state index < -0.39 is 23.4 Å². The molecule has 2 heterocycles. The topological polar surface area (TPSA) is 101 Å². The van der Waals surface area contributed by atoms with Crippen LogP contribution in [0.25, 0.3) is 34.0 Å². The minimum absolute atomic E-state index is 0.0499. The second-order valence-electron chi connectivity index (χ2n) is 7.93. The Morgan fingerprint density at radius 2 is 1.74 bits per heavy atom. The molecule has 174 valence electrons. The molecule has 0 aliphatic heterocycles.